The Labute approximate surface area is 119 Å². The highest BCUT2D eigenvalue weighted by atomic mass is 35.5. The van der Waals surface area contributed by atoms with Gasteiger partial charge >= 0.3 is 0 Å². The molecular weight excluding hydrogens is 263 g/mol. The van der Waals surface area contributed by atoms with E-state index in [0.29, 0.717) is 10.0 Å². The highest BCUT2D eigenvalue weighted by Gasteiger charge is 2.01. The van der Waals surface area contributed by atoms with Crippen molar-refractivity contribution in [3.8, 4) is 0 Å². The zero-order valence-corrected chi connectivity index (χ0v) is 11.8. The molecule has 0 aliphatic carbocycles. The second-order valence-corrected chi connectivity index (χ2v) is 5.07. The van der Waals surface area contributed by atoms with E-state index >= 15 is 0 Å². The molecule has 0 saturated heterocycles. The molecule has 0 aliphatic rings. The number of hydrogen-bond donors (Lipinski definition) is 0. The predicted molar refractivity (Wildman–Crippen MR) is 79.4 cm³/mol. The SMILES string of the molecule is CCc1ccc(C[CH]c2ccc(Cl)c(Cl)c2)cc1. The predicted octanol–water partition coefficient (Wildman–Crippen LogP) is 5.35. The Bertz CT molecular complexity index is 515. The van der Waals surface area contributed by atoms with Crippen molar-refractivity contribution < 1.29 is 0 Å². The van der Waals surface area contributed by atoms with Gasteiger partial charge in [-0.05, 0) is 48.1 Å². The van der Waals surface area contributed by atoms with Gasteiger partial charge in [0, 0.05) is 0 Å². The van der Waals surface area contributed by atoms with E-state index in [4.69, 9.17) is 23.2 Å². The topological polar surface area (TPSA) is 0 Å². The molecule has 1 radical (unpaired) electrons. The minimum Gasteiger partial charge on any atom is -0.0827 e. The van der Waals surface area contributed by atoms with E-state index in [-0.39, 0.29) is 0 Å². The maximum atomic E-state index is 5.98. The first-order valence-corrected chi connectivity index (χ1v) is 6.80. The van der Waals surface area contributed by atoms with Crippen molar-refractivity contribution in [2.45, 2.75) is 19.8 Å². The van der Waals surface area contributed by atoms with Crippen LogP contribution in [0.2, 0.25) is 10.0 Å². The number of halogens is 2. The summed E-state index contributed by atoms with van der Waals surface area (Å²) in [7, 11) is 0. The van der Waals surface area contributed by atoms with Crippen LogP contribution in [-0.2, 0) is 12.8 Å². The van der Waals surface area contributed by atoms with Crippen LogP contribution in [0, 0.1) is 6.42 Å². The molecule has 0 spiro atoms. The summed E-state index contributed by atoms with van der Waals surface area (Å²) in [6, 6.07) is 14.4. The second-order valence-electron chi connectivity index (χ2n) is 4.25. The van der Waals surface area contributed by atoms with Crippen LogP contribution in [0.15, 0.2) is 42.5 Å². The first-order chi connectivity index (χ1) is 8.69. The normalized spacial score (nSPS) is 10.6. The largest absolute Gasteiger partial charge is 0.0827 e. The van der Waals surface area contributed by atoms with E-state index in [2.05, 4.69) is 37.6 Å². The molecule has 0 bridgehead atoms. The van der Waals surface area contributed by atoms with Crippen LogP contribution in [0.1, 0.15) is 23.6 Å². The third kappa shape index (κ3) is 3.51. The van der Waals surface area contributed by atoms with Gasteiger partial charge < -0.3 is 0 Å². The van der Waals surface area contributed by atoms with Gasteiger partial charge in [-0.1, -0.05) is 60.5 Å². The lowest BCUT2D eigenvalue weighted by molar-refractivity contribution is 1.11. The monoisotopic (exact) mass is 277 g/mol. The third-order valence-electron chi connectivity index (χ3n) is 2.95. The van der Waals surface area contributed by atoms with Crippen LogP contribution in [-0.4, -0.2) is 0 Å². The molecule has 0 N–H and O–H groups in total. The number of rotatable bonds is 4. The Balaban J connectivity index is 1.99. The Morgan fingerprint density at radius 1 is 0.889 bits per heavy atom. The molecule has 0 heterocycles. The molecular formula is C16H15Cl2. The van der Waals surface area contributed by atoms with Gasteiger partial charge in [-0.3, -0.25) is 0 Å². The molecule has 2 rings (SSSR count). The number of aryl methyl sites for hydroxylation is 1. The Morgan fingerprint density at radius 2 is 1.56 bits per heavy atom. The van der Waals surface area contributed by atoms with Gasteiger partial charge in [0.2, 0.25) is 0 Å². The lowest BCUT2D eigenvalue weighted by atomic mass is 10.0. The maximum absolute atomic E-state index is 5.98. The zero-order valence-electron chi connectivity index (χ0n) is 10.3. The summed E-state index contributed by atoms with van der Waals surface area (Å²) in [4.78, 5) is 0. The van der Waals surface area contributed by atoms with Crippen molar-refractivity contribution in [2.24, 2.45) is 0 Å². The molecule has 0 atom stereocenters. The van der Waals surface area contributed by atoms with E-state index < -0.39 is 0 Å². The van der Waals surface area contributed by atoms with Gasteiger partial charge in [-0.25, -0.2) is 0 Å². The molecule has 0 aromatic heterocycles. The zero-order chi connectivity index (χ0) is 13.0. The molecule has 18 heavy (non-hydrogen) atoms. The van der Waals surface area contributed by atoms with Crippen LogP contribution in [0.4, 0.5) is 0 Å². The second kappa shape index (κ2) is 6.26. The molecule has 0 amide bonds. The lowest BCUT2D eigenvalue weighted by Gasteiger charge is -2.04. The third-order valence-corrected chi connectivity index (χ3v) is 3.69. The molecule has 2 aromatic carbocycles. The molecule has 2 heteroatoms. The average molecular weight is 278 g/mol. The number of benzene rings is 2. The van der Waals surface area contributed by atoms with Crippen LogP contribution in [0.25, 0.3) is 0 Å². The summed E-state index contributed by atoms with van der Waals surface area (Å²) < 4.78 is 0. The first-order valence-electron chi connectivity index (χ1n) is 6.05. The average Bonchev–Trinajstić information content (AvgIpc) is 2.41. The molecule has 0 nitrogen and oxygen atoms in total. The van der Waals surface area contributed by atoms with E-state index in [1.807, 2.05) is 18.2 Å². The van der Waals surface area contributed by atoms with Crippen molar-refractivity contribution in [3.05, 3.63) is 75.6 Å². The molecule has 93 valence electrons. The standard InChI is InChI=1S/C16H15Cl2/c1-2-12-3-5-13(6-4-12)7-8-14-9-10-15(17)16(18)11-14/h3-6,8-11H,2,7H2,1H3. The van der Waals surface area contributed by atoms with Crippen molar-refractivity contribution >= 4 is 23.2 Å². The maximum Gasteiger partial charge on any atom is 0.0595 e. The first kappa shape index (κ1) is 13.5. The molecule has 0 fully saturated rings. The van der Waals surface area contributed by atoms with Crippen LogP contribution in [0.5, 0.6) is 0 Å². The van der Waals surface area contributed by atoms with Crippen molar-refractivity contribution in [1.82, 2.24) is 0 Å². The van der Waals surface area contributed by atoms with E-state index in [0.717, 1.165) is 18.4 Å². The summed E-state index contributed by atoms with van der Waals surface area (Å²) in [5.41, 5.74) is 3.77. The Hall–Kier alpha value is -0.980. The Morgan fingerprint density at radius 3 is 2.17 bits per heavy atom. The lowest BCUT2D eigenvalue weighted by Crippen LogP contribution is -1.90. The van der Waals surface area contributed by atoms with Crippen molar-refractivity contribution in [1.29, 1.82) is 0 Å². The summed E-state index contributed by atoms with van der Waals surface area (Å²) in [6.07, 6.45) is 4.14. The van der Waals surface area contributed by atoms with Crippen LogP contribution >= 0.6 is 23.2 Å². The fraction of sp³-hybridized carbons (Fsp3) is 0.188. The van der Waals surface area contributed by atoms with E-state index in [9.17, 15) is 0 Å². The highest BCUT2D eigenvalue weighted by Crippen LogP contribution is 2.23. The highest BCUT2D eigenvalue weighted by molar-refractivity contribution is 6.42. The van der Waals surface area contributed by atoms with Crippen molar-refractivity contribution in [3.63, 3.8) is 0 Å². The summed E-state index contributed by atoms with van der Waals surface area (Å²) in [5, 5.41) is 1.20. The Kier molecular flexibility index (Phi) is 4.68. The summed E-state index contributed by atoms with van der Waals surface area (Å²) in [5.74, 6) is 0. The van der Waals surface area contributed by atoms with Crippen molar-refractivity contribution in [2.75, 3.05) is 0 Å². The van der Waals surface area contributed by atoms with Gasteiger partial charge in [-0.2, -0.15) is 0 Å². The molecule has 0 aliphatic heterocycles. The van der Waals surface area contributed by atoms with Gasteiger partial charge in [0.15, 0.2) is 0 Å². The summed E-state index contributed by atoms with van der Waals surface area (Å²) in [6.45, 7) is 2.16. The summed E-state index contributed by atoms with van der Waals surface area (Å²) >= 11 is 11.9. The van der Waals surface area contributed by atoms with Gasteiger partial charge in [-0.15, -0.1) is 0 Å². The van der Waals surface area contributed by atoms with E-state index in [1.165, 1.54) is 11.1 Å². The molecule has 2 aromatic rings. The van der Waals surface area contributed by atoms with Gasteiger partial charge in [0.1, 0.15) is 0 Å². The number of hydrogen-bond acceptors (Lipinski definition) is 0. The fourth-order valence-corrected chi connectivity index (χ4v) is 2.09. The van der Waals surface area contributed by atoms with Gasteiger partial charge in [0.05, 0.1) is 10.0 Å². The van der Waals surface area contributed by atoms with Gasteiger partial charge in [0.25, 0.3) is 0 Å². The minimum atomic E-state index is 0.598. The van der Waals surface area contributed by atoms with Crippen LogP contribution < -0.4 is 0 Å². The van der Waals surface area contributed by atoms with E-state index in [1.54, 1.807) is 0 Å². The fourth-order valence-electron chi connectivity index (χ4n) is 1.79. The smallest absolute Gasteiger partial charge is 0.0595 e. The molecule has 0 unspecified atom stereocenters. The van der Waals surface area contributed by atoms with Crippen LogP contribution in [0.3, 0.4) is 0 Å². The minimum absolute atomic E-state index is 0.598. The quantitative estimate of drug-likeness (QED) is 0.707. The molecule has 0 saturated carbocycles.